The highest BCUT2D eigenvalue weighted by molar-refractivity contribution is 5.76. The first-order chi connectivity index (χ1) is 31.5. The largest absolute Gasteiger partial charge is 0.466 e. The monoisotopic (exact) mass is 902 g/mol. The van der Waals surface area contributed by atoms with Gasteiger partial charge in [0.1, 0.15) is 0 Å². The van der Waals surface area contributed by atoms with E-state index in [4.69, 9.17) is 4.74 Å². The molecule has 0 aliphatic heterocycles. The number of esters is 1. The van der Waals surface area contributed by atoms with Gasteiger partial charge >= 0.3 is 5.97 Å². The Morgan fingerprint density at radius 2 is 0.734 bits per heavy atom. The number of unbranched alkanes of at least 4 members (excludes halogenated alkanes) is 40. The Hall–Kier alpha value is -1.66. The molecule has 2 atom stereocenters. The highest BCUT2D eigenvalue weighted by Crippen LogP contribution is 2.16. The van der Waals surface area contributed by atoms with Gasteiger partial charge in [0.15, 0.2) is 0 Å². The number of aliphatic hydroxyl groups excluding tert-OH is 2. The molecule has 1 amide bonds. The molecular weight excluding hydrogens is 791 g/mol. The molecule has 3 N–H and O–H groups in total. The number of hydrogen-bond acceptors (Lipinski definition) is 5. The van der Waals surface area contributed by atoms with Gasteiger partial charge < -0.3 is 20.3 Å². The third-order valence-corrected chi connectivity index (χ3v) is 13.2. The fourth-order valence-corrected chi connectivity index (χ4v) is 8.81. The first kappa shape index (κ1) is 62.3. The lowest BCUT2D eigenvalue weighted by molar-refractivity contribution is -0.143. The standard InChI is InChI=1S/C58H111NO5/c1-3-5-7-9-11-13-14-15-25-29-32-36-40-44-48-52-58(63)64-53-49-45-41-37-33-30-27-24-22-20-18-16-17-19-21-23-26-28-31-35-39-43-47-51-57(62)59-55(54-60)56(61)50-46-42-38-34-12-10-8-6-4-2/h19,21,46,50,55-56,60-61H,3-18,20,22-45,47-49,51-54H2,1-2H3,(H,59,62)/b21-19-,50-46+. The normalized spacial score (nSPS) is 12.8. The number of amides is 1. The number of nitrogens with one attached hydrogen (secondary N) is 1. The first-order valence-corrected chi connectivity index (χ1v) is 28.6. The van der Waals surface area contributed by atoms with E-state index in [-0.39, 0.29) is 18.5 Å². The molecule has 0 aromatic rings. The van der Waals surface area contributed by atoms with E-state index in [2.05, 4.69) is 31.3 Å². The summed E-state index contributed by atoms with van der Waals surface area (Å²) in [6, 6.07) is -0.629. The van der Waals surface area contributed by atoms with E-state index < -0.39 is 12.1 Å². The maximum absolute atomic E-state index is 12.4. The summed E-state index contributed by atoms with van der Waals surface area (Å²) < 4.78 is 5.48. The molecule has 6 heteroatoms. The topological polar surface area (TPSA) is 95.9 Å². The average Bonchev–Trinajstić information content (AvgIpc) is 3.29. The minimum Gasteiger partial charge on any atom is -0.466 e. The Bertz CT molecular complexity index is 997. The van der Waals surface area contributed by atoms with Gasteiger partial charge in [-0.1, -0.05) is 263 Å². The molecule has 0 aliphatic carbocycles. The minimum absolute atomic E-state index is 0.0137. The maximum atomic E-state index is 12.4. The van der Waals surface area contributed by atoms with Gasteiger partial charge in [-0.3, -0.25) is 9.59 Å². The number of aliphatic hydroxyl groups is 2. The molecule has 0 aromatic heterocycles. The second-order valence-electron chi connectivity index (χ2n) is 19.6. The van der Waals surface area contributed by atoms with Crippen LogP contribution in [0.25, 0.3) is 0 Å². The molecule has 0 bridgehead atoms. The van der Waals surface area contributed by atoms with Gasteiger partial charge in [0.05, 0.1) is 25.4 Å². The molecule has 0 saturated carbocycles. The Morgan fingerprint density at radius 3 is 1.11 bits per heavy atom. The zero-order valence-electron chi connectivity index (χ0n) is 43.0. The third kappa shape index (κ3) is 49.8. The van der Waals surface area contributed by atoms with Crippen LogP contribution in [0.3, 0.4) is 0 Å². The van der Waals surface area contributed by atoms with E-state index in [9.17, 15) is 19.8 Å². The molecule has 0 radical (unpaired) electrons. The highest BCUT2D eigenvalue weighted by atomic mass is 16.5. The van der Waals surface area contributed by atoms with Gasteiger partial charge in [0.25, 0.3) is 0 Å². The van der Waals surface area contributed by atoms with Crippen LogP contribution in [0.5, 0.6) is 0 Å². The van der Waals surface area contributed by atoms with Crippen molar-refractivity contribution in [1.29, 1.82) is 0 Å². The molecule has 0 aromatic carbocycles. The van der Waals surface area contributed by atoms with E-state index in [1.807, 2.05) is 6.08 Å². The van der Waals surface area contributed by atoms with E-state index in [0.29, 0.717) is 19.4 Å². The summed E-state index contributed by atoms with van der Waals surface area (Å²) in [6.07, 6.45) is 65.0. The van der Waals surface area contributed by atoms with Crippen molar-refractivity contribution >= 4 is 11.9 Å². The Labute approximate surface area is 399 Å². The van der Waals surface area contributed by atoms with Crippen molar-refractivity contribution in [2.45, 2.75) is 321 Å². The van der Waals surface area contributed by atoms with Crippen LogP contribution in [0.4, 0.5) is 0 Å². The summed E-state index contributed by atoms with van der Waals surface area (Å²) in [4.78, 5) is 24.4. The number of ether oxygens (including phenoxy) is 1. The smallest absolute Gasteiger partial charge is 0.305 e. The molecule has 64 heavy (non-hydrogen) atoms. The molecule has 0 aliphatic rings. The number of hydrogen-bond donors (Lipinski definition) is 3. The third-order valence-electron chi connectivity index (χ3n) is 13.2. The van der Waals surface area contributed by atoms with Crippen molar-refractivity contribution < 1.29 is 24.5 Å². The summed E-state index contributed by atoms with van der Waals surface area (Å²) in [7, 11) is 0. The lowest BCUT2D eigenvalue weighted by Gasteiger charge is -2.20. The fourth-order valence-electron chi connectivity index (χ4n) is 8.81. The second-order valence-corrected chi connectivity index (χ2v) is 19.6. The van der Waals surface area contributed by atoms with Gasteiger partial charge in [-0.2, -0.15) is 0 Å². The number of carbonyl (C=O) groups excluding carboxylic acids is 2. The summed E-state index contributed by atoms with van der Waals surface area (Å²) in [6.45, 7) is 4.88. The fraction of sp³-hybridized carbons (Fsp3) is 0.897. The molecule has 0 rings (SSSR count). The molecular formula is C58H111NO5. The summed E-state index contributed by atoms with van der Waals surface area (Å²) in [5.74, 6) is -0.0630. The predicted octanol–water partition coefficient (Wildman–Crippen LogP) is 17.5. The van der Waals surface area contributed by atoms with E-state index >= 15 is 0 Å². The predicted molar refractivity (Wildman–Crippen MR) is 278 cm³/mol. The van der Waals surface area contributed by atoms with Crippen molar-refractivity contribution in [2.75, 3.05) is 13.2 Å². The van der Waals surface area contributed by atoms with Gasteiger partial charge in [-0.25, -0.2) is 0 Å². The molecule has 6 nitrogen and oxygen atoms in total. The lowest BCUT2D eigenvalue weighted by Crippen LogP contribution is -2.45. The van der Waals surface area contributed by atoms with Crippen LogP contribution in [0.15, 0.2) is 24.3 Å². The maximum Gasteiger partial charge on any atom is 0.305 e. The highest BCUT2D eigenvalue weighted by Gasteiger charge is 2.18. The SMILES string of the molecule is CCCCCCCCC/C=C/C(O)C(CO)NC(=O)CCCCCCCCC/C=C\CCCCCCCCCCCCCCOC(=O)CCCCCCCCCCCCCCCCC. The van der Waals surface area contributed by atoms with E-state index in [0.717, 1.165) is 44.9 Å². The summed E-state index contributed by atoms with van der Waals surface area (Å²) >= 11 is 0. The molecule has 0 spiro atoms. The van der Waals surface area contributed by atoms with Crippen LogP contribution < -0.4 is 5.32 Å². The molecule has 0 heterocycles. The van der Waals surface area contributed by atoms with Crippen LogP contribution >= 0.6 is 0 Å². The van der Waals surface area contributed by atoms with Gasteiger partial charge in [-0.05, 0) is 57.8 Å². The van der Waals surface area contributed by atoms with Crippen LogP contribution in [0.2, 0.25) is 0 Å². The minimum atomic E-state index is -0.845. The quantitative estimate of drug-likeness (QED) is 0.0321. The molecule has 378 valence electrons. The first-order valence-electron chi connectivity index (χ1n) is 28.6. The van der Waals surface area contributed by atoms with Crippen LogP contribution in [-0.2, 0) is 14.3 Å². The average molecular weight is 903 g/mol. The number of allylic oxidation sites excluding steroid dienone is 3. The van der Waals surface area contributed by atoms with Gasteiger partial charge in [0.2, 0.25) is 5.91 Å². The van der Waals surface area contributed by atoms with Gasteiger partial charge in [-0.15, -0.1) is 0 Å². The van der Waals surface area contributed by atoms with Crippen LogP contribution in [0, 0.1) is 0 Å². The Balaban J connectivity index is 3.38. The van der Waals surface area contributed by atoms with Crippen molar-refractivity contribution in [3.63, 3.8) is 0 Å². The zero-order chi connectivity index (χ0) is 46.5. The lowest BCUT2D eigenvalue weighted by atomic mass is 10.0. The zero-order valence-corrected chi connectivity index (χ0v) is 43.0. The van der Waals surface area contributed by atoms with E-state index in [1.165, 1.54) is 238 Å². The van der Waals surface area contributed by atoms with Crippen molar-refractivity contribution in [2.24, 2.45) is 0 Å². The number of carbonyl (C=O) groups is 2. The molecule has 0 fully saturated rings. The second kappa shape index (κ2) is 54.0. The van der Waals surface area contributed by atoms with Crippen molar-refractivity contribution in [3.8, 4) is 0 Å². The van der Waals surface area contributed by atoms with Crippen molar-refractivity contribution in [3.05, 3.63) is 24.3 Å². The summed E-state index contributed by atoms with van der Waals surface area (Å²) in [5.41, 5.74) is 0. The molecule has 2 unspecified atom stereocenters. The van der Waals surface area contributed by atoms with Gasteiger partial charge in [0, 0.05) is 12.8 Å². The number of rotatable bonds is 53. The van der Waals surface area contributed by atoms with Crippen LogP contribution in [-0.4, -0.2) is 47.4 Å². The molecule has 0 saturated heterocycles. The summed E-state index contributed by atoms with van der Waals surface area (Å²) in [5, 5.41) is 22.9. The Morgan fingerprint density at radius 1 is 0.422 bits per heavy atom. The van der Waals surface area contributed by atoms with Crippen molar-refractivity contribution in [1.82, 2.24) is 5.32 Å². The van der Waals surface area contributed by atoms with Crippen LogP contribution in [0.1, 0.15) is 309 Å². The van der Waals surface area contributed by atoms with E-state index in [1.54, 1.807) is 6.08 Å². The Kier molecular flexibility index (Phi) is 52.6.